The second-order valence-corrected chi connectivity index (χ2v) is 4.65. The van der Waals surface area contributed by atoms with Crippen LogP contribution in [0.2, 0.25) is 0 Å². The number of anilines is 1. The largest absolute Gasteiger partial charge is 0.348 e. The summed E-state index contributed by atoms with van der Waals surface area (Å²) in [5.41, 5.74) is 4.46. The molecule has 0 aliphatic carbocycles. The highest BCUT2D eigenvalue weighted by atomic mass is 16.2. The third kappa shape index (κ3) is 3.65. The maximum atomic E-state index is 11.6. The molecule has 2 rings (SSSR count). The molecule has 8 nitrogen and oxygen atoms in total. The van der Waals surface area contributed by atoms with Crippen molar-refractivity contribution in [2.75, 3.05) is 44.2 Å². The fourth-order valence-electron chi connectivity index (χ4n) is 2.22. The van der Waals surface area contributed by atoms with Crippen LogP contribution in [0.15, 0.2) is 9.59 Å². The number of H-pyrrole nitrogens is 2. The summed E-state index contributed by atoms with van der Waals surface area (Å²) in [6.07, 6.45) is 2.15. The summed E-state index contributed by atoms with van der Waals surface area (Å²) in [6, 6.07) is 0. The Labute approximate surface area is 110 Å². The third-order valence-electron chi connectivity index (χ3n) is 3.29. The highest BCUT2D eigenvalue weighted by Gasteiger charge is 2.19. The molecule has 0 radical (unpaired) electrons. The third-order valence-corrected chi connectivity index (χ3v) is 3.29. The van der Waals surface area contributed by atoms with Crippen molar-refractivity contribution in [3.63, 3.8) is 0 Å². The van der Waals surface area contributed by atoms with Crippen LogP contribution < -0.4 is 21.9 Å². The van der Waals surface area contributed by atoms with Crippen LogP contribution in [0.25, 0.3) is 0 Å². The van der Waals surface area contributed by atoms with Crippen LogP contribution in [-0.4, -0.2) is 59.3 Å². The predicted molar refractivity (Wildman–Crippen MR) is 72.4 cm³/mol. The Bertz CT molecular complexity index is 502. The summed E-state index contributed by atoms with van der Waals surface area (Å²) in [6.45, 7) is 5.04. The van der Waals surface area contributed by atoms with Crippen LogP contribution in [0.1, 0.15) is 12.8 Å². The summed E-state index contributed by atoms with van der Waals surface area (Å²) < 4.78 is 0. The molecule has 0 unspecified atom stereocenters. The minimum atomic E-state index is -0.575. The zero-order valence-corrected chi connectivity index (χ0v) is 10.9. The molecule has 19 heavy (non-hydrogen) atoms. The first-order chi connectivity index (χ1) is 9.20. The molecule has 1 fully saturated rings. The zero-order chi connectivity index (χ0) is 13.7. The molecule has 0 spiro atoms. The quantitative estimate of drug-likeness (QED) is 0.550. The van der Waals surface area contributed by atoms with E-state index in [4.69, 9.17) is 5.73 Å². The highest BCUT2D eigenvalue weighted by molar-refractivity contribution is 5.34. The van der Waals surface area contributed by atoms with E-state index >= 15 is 0 Å². The van der Waals surface area contributed by atoms with Crippen LogP contribution in [0.4, 0.5) is 5.82 Å². The summed E-state index contributed by atoms with van der Waals surface area (Å²) >= 11 is 0. The standard InChI is InChI=1S/C11H20N6O2/c12-3-1-2-4-16-5-7-17(8-6-16)9-10(18)13-11(19)15-14-9/h1-8,12H2,(H2,13,15,18,19). The smallest absolute Gasteiger partial charge is 0.342 e. The first-order valence-corrected chi connectivity index (χ1v) is 6.57. The van der Waals surface area contributed by atoms with Gasteiger partial charge in [-0.3, -0.25) is 14.7 Å². The Balaban J connectivity index is 1.89. The van der Waals surface area contributed by atoms with Gasteiger partial charge in [0.15, 0.2) is 0 Å². The summed E-state index contributed by atoms with van der Waals surface area (Å²) in [5, 5.41) is 6.07. The van der Waals surface area contributed by atoms with E-state index in [2.05, 4.69) is 20.1 Å². The molecule has 1 aliphatic rings. The van der Waals surface area contributed by atoms with Crippen LogP contribution >= 0.6 is 0 Å². The monoisotopic (exact) mass is 268 g/mol. The van der Waals surface area contributed by atoms with Gasteiger partial charge >= 0.3 is 5.69 Å². The van der Waals surface area contributed by atoms with Crippen molar-refractivity contribution in [2.45, 2.75) is 12.8 Å². The number of unbranched alkanes of at least 4 members (excludes halogenated alkanes) is 1. The molecule has 106 valence electrons. The van der Waals surface area contributed by atoms with E-state index in [9.17, 15) is 9.59 Å². The molecule has 2 heterocycles. The summed E-state index contributed by atoms with van der Waals surface area (Å²) in [7, 11) is 0. The fraction of sp³-hybridized carbons (Fsp3) is 0.727. The minimum Gasteiger partial charge on any atom is -0.348 e. The molecular weight excluding hydrogens is 248 g/mol. The number of nitrogens with two attached hydrogens (primary N) is 1. The molecule has 0 aromatic carbocycles. The van der Waals surface area contributed by atoms with E-state index in [-0.39, 0.29) is 0 Å². The molecule has 4 N–H and O–H groups in total. The molecule has 0 amide bonds. The van der Waals surface area contributed by atoms with Crippen LogP contribution in [0.5, 0.6) is 0 Å². The van der Waals surface area contributed by atoms with Gasteiger partial charge in [-0.05, 0) is 25.9 Å². The van der Waals surface area contributed by atoms with E-state index in [0.29, 0.717) is 5.82 Å². The molecule has 1 aromatic rings. The van der Waals surface area contributed by atoms with Gasteiger partial charge in [-0.2, -0.15) is 0 Å². The second-order valence-electron chi connectivity index (χ2n) is 4.65. The van der Waals surface area contributed by atoms with Gasteiger partial charge in [0.1, 0.15) is 0 Å². The highest BCUT2D eigenvalue weighted by Crippen LogP contribution is 2.07. The lowest BCUT2D eigenvalue weighted by Crippen LogP contribution is -2.49. The van der Waals surface area contributed by atoms with E-state index in [1.165, 1.54) is 0 Å². The van der Waals surface area contributed by atoms with Gasteiger partial charge in [0.2, 0.25) is 5.82 Å². The topological polar surface area (TPSA) is 111 Å². The van der Waals surface area contributed by atoms with Gasteiger partial charge in [-0.15, -0.1) is 5.10 Å². The van der Waals surface area contributed by atoms with Crippen LogP contribution in [0, 0.1) is 0 Å². The Hall–Kier alpha value is -1.67. The molecule has 0 bridgehead atoms. The van der Waals surface area contributed by atoms with Gasteiger partial charge in [-0.25, -0.2) is 9.89 Å². The number of nitrogens with one attached hydrogen (secondary N) is 2. The molecule has 1 aliphatic heterocycles. The first-order valence-electron chi connectivity index (χ1n) is 6.57. The van der Waals surface area contributed by atoms with E-state index in [1.54, 1.807) is 0 Å². The van der Waals surface area contributed by atoms with Gasteiger partial charge in [0.05, 0.1) is 0 Å². The van der Waals surface area contributed by atoms with Crippen molar-refractivity contribution in [3.05, 3.63) is 20.8 Å². The number of aromatic nitrogens is 3. The maximum Gasteiger partial charge on any atom is 0.342 e. The molecule has 1 aromatic heterocycles. The lowest BCUT2D eigenvalue weighted by Gasteiger charge is -2.34. The SMILES string of the molecule is NCCCCN1CCN(c2n[nH]c(=O)[nH]c2=O)CC1. The number of aromatic amines is 2. The zero-order valence-electron chi connectivity index (χ0n) is 10.9. The summed E-state index contributed by atoms with van der Waals surface area (Å²) in [4.78, 5) is 29.0. The van der Waals surface area contributed by atoms with Gasteiger partial charge in [0, 0.05) is 26.2 Å². The summed E-state index contributed by atoms with van der Waals surface area (Å²) in [5.74, 6) is 0.293. The van der Waals surface area contributed by atoms with E-state index in [1.807, 2.05) is 4.90 Å². The molecular formula is C11H20N6O2. The van der Waals surface area contributed by atoms with Crippen molar-refractivity contribution in [2.24, 2.45) is 5.73 Å². The average molecular weight is 268 g/mol. The van der Waals surface area contributed by atoms with Crippen LogP contribution in [0.3, 0.4) is 0 Å². The first kappa shape index (κ1) is 13.8. The normalized spacial score (nSPS) is 16.8. The van der Waals surface area contributed by atoms with E-state index in [0.717, 1.165) is 52.1 Å². The Morgan fingerprint density at radius 3 is 2.53 bits per heavy atom. The molecule has 1 saturated heterocycles. The van der Waals surface area contributed by atoms with Gasteiger partial charge in [0.25, 0.3) is 5.56 Å². The Morgan fingerprint density at radius 1 is 1.16 bits per heavy atom. The van der Waals surface area contributed by atoms with Gasteiger partial charge in [-0.1, -0.05) is 0 Å². The van der Waals surface area contributed by atoms with Crippen molar-refractivity contribution < 1.29 is 0 Å². The second kappa shape index (κ2) is 6.48. The van der Waals surface area contributed by atoms with Crippen molar-refractivity contribution in [1.29, 1.82) is 0 Å². The minimum absolute atomic E-state index is 0.293. The van der Waals surface area contributed by atoms with E-state index < -0.39 is 11.2 Å². The number of piperazine rings is 1. The van der Waals surface area contributed by atoms with Crippen molar-refractivity contribution >= 4 is 5.82 Å². The number of rotatable bonds is 5. The molecule has 8 heteroatoms. The molecule has 0 atom stereocenters. The Kier molecular flexibility index (Phi) is 4.69. The fourth-order valence-corrected chi connectivity index (χ4v) is 2.22. The maximum absolute atomic E-state index is 11.6. The lowest BCUT2D eigenvalue weighted by molar-refractivity contribution is 0.252. The number of nitrogens with zero attached hydrogens (tertiary/aromatic N) is 3. The predicted octanol–water partition coefficient (Wildman–Crippen LogP) is -1.68. The van der Waals surface area contributed by atoms with Crippen molar-refractivity contribution in [3.8, 4) is 0 Å². The number of hydrogen-bond donors (Lipinski definition) is 3. The average Bonchev–Trinajstić information content (AvgIpc) is 2.40. The molecule has 0 saturated carbocycles. The van der Waals surface area contributed by atoms with Crippen LogP contribution in [-0.2, 0) is 0 Å². The number of hydrogen-bond acceptors (Lipinski definition) is 6. The van der Waals surface area contributed by atoms with Crippen molar-refractivity contribution in [1.82, 2.24) is 20.1 Å². The lowest BCUT2D eigenvalue weighted by atomic mass is 10.2. The Morgan fingerprint density at radius 2 is 1.89 bits per heavy atom. The van der Waals surface area contributed by atoms with Gasteiger partial charge < -0.3 is 10.6 Å².